The van der Waals surface area contributed by atoms with Gasteiger partial charge in [-0.2, -0.15) is 0 Å². The van der Waals surface area contributed by atoms with Gasteiger partial charge in [-0.05, 0) is 26.7 Å². The van der Waals surface area contributed by atoms with E-state index in [1.54, 1.807) is 0 Å². The summed E-state index contributed by atoms with van der Waals surface area (Å²) in [6.07, 6.45) is 5.96. The average molecular weight is 512 g/mol. The molecule has 0 radical (unpaired) electrons. The first-order chi connectivity index (χ1) is 10.3. The quantitative estimate of drug-likeness (QED) is 0.301. The molecule has 0 aromatic heterocycles. The summed E-state index contributed by atoms with van der Waals surface area (Å²) in [6.45, 7) is 2.68. The van der Waals surface area contributed by atoms with Gasteiger partial charge in [0.25, 0.3) is 0 Å². The van der Waals surface area contributed by atoms with Crippen LogP contribution in [0.5, 0.6) is 0 Å². The van der Waals surface area contributed by atoms with Gasteiger partial charge in [0.2, 0.25) is 0 Å². The molecule has 7 N–H and O–H groups in total. The topological polar surface area (TPSA) is 164 Å². The molecule has 2 aliphatic rings. The second-order valence-electron chi connectivity index (χ2n) is 5.23. The van der Waals surface area contributed by atoms with E-state index in [1.165, 1.54) is 26.7 Å². The van der Waals surface area contributed by atoms with Gasteiger partial charge in [0.15, 0.2) is 17.5 Å². The molecular weight excluding hydrogens is 487 g/mol. The Morgan fingerprint density at radius 2 is 1.65 bits per heavy atom. The molecule has 1 aliphatic carbocycles. The number of hydrogen-bond donors (Lipinski definition) is 3. The normalized spacial score (nSPS) is 26.2. The Morgan fingerprint density at radius 3 is 1.96 bits per heavy atom. The number of carbonyl (C=O) groups excluding carboxylic acids is 3. The molecule has 137 valence electrons. The molecule has 1 unspecified atom stereocenters. The van der Waals surface area contributed by atoms with Crippen LogP contribution in [0, 0.1) is 5.92 Å². The molecule has 0 aromatic rings. The number of Topliss-reactive ketones (excluding diaryl/α,β-unsaturated/α-hetero) is 1. The zero-order valence-electron chi connectivity index (χ0n) is 13.2. The Balaban J connectivity index is 0. The van der Waals surface area contributed by atoms with Crippen LogP contribution in [0.1, 0.15) is 39.5 Å². The van der Waals surface area contributed by atoms with Crippen LogP contribution >= 0.6 is 0 Å². The van der Waals surface area contributed by atoms with E-state index in [-0.39, 0.29) is 23.3 Å². The third-order valence-corrected chi connectivity index (χ3v) is 3.41. The second kappa shape index (κ2) is 12.5. The van der Waals surface area contributed by atoms with Crippen molar-refractivity contribution in [2.75, 3.05) is 0 Å². The standard InChI is InChI=1S/C8H8O4.C6H14N2.2H2O.Pt/c1-4-3-6(10)7(5(2)9)8(11)12-4;7-5-3-1-2-4-6(5)8;;;/h3,7H,1-2H3;5-6H,1-4,7-8H2;2*1H2;/q;;;;+1/p-1/t;5-,6-;;;/m.1.../s1. The van der Waals surface area contributed by atoms with Crippen LogP contribution in [0.15, 0.2) is 11.8 Å². The van der Waals surface area contributed by atoms with Gasteiger partial charge in [-0.15, -0.1) is 0 Å². The van der Waals surface area contributed by atoms with Crippen LogP contribution < -0.4 is 11.5 Å². The number of allylic oxidation sites excluding steroid dienone is 2. The van der Waals surface area contributed by atoms with Crippen LogP contribution in [-0.4, -0.2) is 38.9 Å². The summed E-state index contributed by atoms with van der Waals surface area (Å²) in [6, 6.07) is 0.562. The number of nitrogens with two attached hydrogens (primary N) is 2. The van der Waals surface area contributed by atoms with E-state index in [9.17, 15) is 14.4 Å². The maximum absolute atomic E-state index is 11.1. The summed E-state index contributed by atoms with van der Waals surface area (Å²) in [7, 11) is 0. The molecular formula is C14H25N2O6Pt. The number of rotatable bonds is 1. The second-order valence-corrected chi connectivity index (χ2v) is 5.23. The van der Waals surface area contributed by atoms with Crippen molar-refractivity contribution in [1.82, 2.24) is 0 Å². The van der Waals surface area contributed by atoms with Crippen molar-refractivity contribution >= 4 is 17.5 Å². The Hall–Kier alpha value is -0.922. The third kappa shape index (κ3) is 8.48. The SMILES string of the molecule is CC(=O)C1C(=O)C=C(C)OC1=O.N[C@@H]1CCCC[C@H]1N.O.[OH][Pt]. The predicted octanol–water partition coefficient (Wildman–Crippen LogP) is -0.948. The van der Waals surface area contributed by atoms with E-state index in [2.05, 4.69) is 4.74 Å². The van der Waals surface area contributed by atoms with Crippen LogP contribution in [0.2, 0.25) is 0 Å². The Morgan fingerprint density at radius 1 is 1.22 bits per heavy atom. The van der Waals surface area contributed by atoms with E-state index in [1.807, 2.05) is 0 Å². The summed E-state index contributed by atoms with van der Waals surface area (Å²) < 4.78 is 11.6. The minimum absolute atomic E-state index is 0. The molecule has 0 saturated heterocycles. The van der Waals surface area contributed by atoms with E-state index in [4.69, 9.17) is 15.2 Å². The Labute approximate surface area is 147 Å². The van der Waals surface area contributed by atoms with Gasteiger partial charge in [-0.25, -0.2) is 0 Å². The summed E-state index contributed by atoms with van der Waals surface area (Å²) in [4.78, 5) is 32.8. The van der Waals surface area contributed by atoms with Crippen molar-refractivity contribution < 1.29 is 48.6 Å². The number of carbonyl (C=O) groups is 3. The molecule has 8 nitrogen and oxygen atoms in total. The van der Waals surface area contributed by atoms with Gasteiger partial charge in [-0.3, -0.25) is 14.4 Å². The minimum atomic E-state index is -1.24. The molecule has 23 heavy (non-hydrogen) atoms. The van der Waals surface area contributed by atoms with Crippen molar-refractivity contribution in [2.45, 2.75) is 51.6 Å². The number of esters is 1. The summed E-state index contributed by atoms with van der Waals surface area (Å²) in [5.74, 6) is -2.74. The van der Waals surface area contributed by atoms with Crippen molar-refractivity contribution in [3.63, 3.8) is 0 Å². The zero-order chi connectivity index (χ0) is 17.3. The van der Waals surface area contributed by atoms with Crippen LogP contribution in [0.4, 0.5) is 0 Å². The summed E-state index contributed by atoms with van der Waals surface area (Å²) >= 11 is 1.14. The molecule has 2 rings (SSSR count). The van der Waals surface area contributed by atoms with E-state index in [0.29, 0.717) is 0 Å². The molecule has 1 heterocycles. The Bertz CT molecular complexity index is 431. The molecule has 0 aromatic carbocycles. The molecule has 0 bridgehead atoms. The number of cyclic esters (lactones) is 1. The maximum atomic E-state index is 11.1. The van der Waals surface area contributed by atoms with Crippen LogP contribution in [0.25, 0.3) is 0 Å². The fraction of sp³-hybridized carbons (Fsp3) is 0.643. The van der Waals surface area contributed by atoms with E-state index in [0.717, 1.165) is 39.1 Å². The molecule has 0 amide bonds. The van der Waals surface area contributed by atoms with Crippen molar-refractivity contribution in [2.24, 2.45) is 17.4 Å². The van der Waals surface area contributed by atoms with Crippen molar-refractivity contribution in [1.29, 1.82) is 0 Å². The number of ether oxygens (including phenoxy) is 1. The Kier molecular flexibility index (Phi) is 13.2. The predicted molar refractivity (Wildman–Crippen MR) is 79.3 cm³/mol. The first-order valence-corrected chi connectivity index (χ1v) is 7.94. The van der Waals surface area contributed by atoms with Gasteiger partial charge < -0.3 is 21.7 Å². The average Bonchev–Trinajstić information content (AvgIpc) is 2.43. The zero-order valence-corrected chi connectivity index (χ0v) is 15.5. The van der Waals surface area contributed by atoms with E-state index < -0.39 is 23.5 Å². The van der Waals surface area contributed by atoms with Crippen LogP contribution in [-0.2, 0) is 39.3 Å². The van der Waals surface area contributed by atoms with Crippen LogP contribution in [0.3, 0.4) is 0 Å². The summed E-state index contributed by atoms with van der Waals surface area (Å²) in [5, 5.41) is 0. The molecule has 1 aliphatic heterocycles. The first kappa shape index (κ1) is 24.3. The monoisotopic (exact) mass is 512 g/mol. The van der Waals surface area contributed by atoms with Gasteiger partial charge >= 0.3 is 29.9 Å². The molecule has 9 heteroatoms. The van der Waals surface area contributed by atoms with Crippen molar-refractivity contribution in [3.05, 3.63) is 11.8 Å². The number of hydrogen-bond acceptors (Lipinski definition) is 7. The fourth-order valence-corrected chi connectivity index (χ4v) is 2.20. The van der Waals surface area contributed by atoms with E-state index >= 15 is 0 Å². The fourth-order valence-electron chi connectivity index (χ4n) is 2.20. The van der Waals surface area contributed by atoms with Gasteiger partial charge in [0, 0.05) is 18.2 Å². The number of ketones is 2. The molecule has 1 fully saturated rings. The first-order valence-electron chi connectivity index (χ1n) is 6.92. The molecule has 3 atom stereocenters. The van der Waals surface area contributed by atoms with Gasteiger partial charge in [0.1, 0.15) is 5.76 Å². The summed E-state index contributed by atoms with van der Waals surface area (Å²) in [5.41, 5.74) is 11.3. The third-order valence-electron chi connectivity index (χ3n) is 3.41. The molecule has 0 spiro atoms. The molecule has 1 saturated carbocycles. The van der Waals surface area contributed by atoms with Gasteiger partial charge in [-0.1, -0.05) is 12.8 Å². The van der Waals surface area contributed by atoms with Gasteiger partial charge in [0.05, 0.1) is 0 Å². The van der Waals surface area contributed by atoms with Crippen molar-refractivity contribution in [3.8, 4) is 0 Å².